The van der Waals surface area contributed by atoms with Gasteiger partial charge in [-0.1, -0.05) is 0 Å². The first-order chi connectivity index (χ1) is 13.7. The SMILES string of the molecule is CN=C(NCC1CCCN(C(C)C)C1)N1CCN(S(=O)(=O)CCOC(C)C)CC1.I. The molecule has 10 heteroatoms. The van der Waals surface area contributed by atoms with Gasteiger partial charge in [-0.15, -0.1) is 24.0 Å². The predicted molar refractivity (Wildman–Crippen MR) is 134 cm³/mol. The van der Waals surface area contributed by atoms with Crippen LogP contribution in [-0.4, -0.2) is 106 Å². The molecule has 2 fully saturated rings. The first kappa shape index (κ1) is 27.9. The van der Waals surface area contributed by atoms with E-state index in [0.29, 0.717) is 38.1 Å². The third kappa shape index (κ3) is 8.76. The lowest BCUT2D eigenvalue weighted by Crippen LogP contribution is -2.55. The van der Waals surface area contributed by atoms with E-state index in [1.807, 2.05) is 13.8 Å². The molecule has 0 aliphatic carbocycles. The lowest BCUT2D eigenvalue weighted by atomic mass is 9.97. The maximum atomic E-state index is 12.5. The van der Waals surface area contributed by atoms with Gasteiger partial charge in [-0.3, -0.25) is 4.99 Å². The Balaban J connectivity index is 0.00000450. The molecule has 0 saturated carbocycles. The van der Waals surface area contributed by atoms with Crippen LogP contribution in [0, 0.1) is 5.92 Å². The second-order valence-electron chi connectivity index (χ2n) is 8.65. The number of nitrogens with zero attached hydrogens (tertiary/aromatic N) is 4. The standard InChI is InChI=1S/C20H41N5O3S.HI/c1-17(2)24-8-6-7-19(16-24)15-22-20(21-5)23-9-11-25(12-10-23)29(26,27)14-13-28-18(3)4;/h17-19H,6-16H2,1-5H3,(H,21,22);1H. The lowest BCUT2D eigenvalue weighted by molar-refractivity contribution is 0.0904. The molecule has 30 heavy (non-hydrogen) atoms. The number of sulfonamides is 1. The first-order valence-electron chi connectivity index (χ1n) is 11.0. The first-order valence-corrected chi connectivity index (χ1v) is 12.6. The molecule has 2 heterocycles. The van der Waals surface area contributed by atoms with Gasteiger partial charge in [0.25, 0.3) is 0 Å². The number of halogens is 1. The van der Waals surface area contributed by atoms with Crippen molar-refractivity contribution in [3.63, 3.8) is 0 Å². The van der Waals surface area contributed by atoms with E-state index in [-0.39, 0.29) is 42.4 Å². The van der Waals surface area contributed by atoms with E-state index in [1.54, 1.807) is 11.4 Å². The van der Waals surface area contributed by atoms with Crippen LogP contribution in [0.3, 0.4) is 0 Å². The minimum atomic E-state index is -3.26. The smallest absolute Gasteiger partial charge is 0.216 e. The van der Waals surface area contributed by atoms with Crippen molar-refractivity contribution in [3.8, 4) is 0 Å². The van der Waals surface area contributed by atoms with E-state index in [2.05, 4.69) is 34.0 Å². The van der Waals surface area contributed by atoms with E-state index in [0.717, 1.165) is 19.0 Å². The minimum Gasteiger partial charge on any atom is -0.378 e. The number of guanidine groups is 1. The Morgan fingerprint density at radius 2 is 1.80 bits per heavy atom. The number of aliphatic imine (C=N–C) groups is 1. The van der Waals surface area contributed by atoms with Crippen LogP contribution in [0.25, 0.3) is 0 Å². The minimum absolute atomic E-state index is 0. The molecule has 8 nitrogen and oxygen atoms in total. The molecule has 0 bridgehead atoms. The Kier molecular flexibility index (Phi) is 12.4. The van der Waals surface area contributed by atoms with Gasteiger partial charge in [-0.2, -0.15) is 4.31 Å². The largest absolute Gasteiger partial charge is 0.378 e. The Bertz CT molecular complexity index is 622. The lowest BCUT2D eigenvalue weighted by Gasteiger charge is -2.38. The Labute approximate surface area is 200 Å². The molecule has 1 N–H and O–H groups in total. The number of rotatable bonds is 8. The van der Waals surface area contributed by atoms with Crippen LogP contribution < -0.4 is 5.32 Å². The molecule has 0 radical (unpaired) electrons. The average molecular weight is 560 g/mol. The second kappa shape index (κ2) is 13.4. The second-order valence-corrected chi connectivity index (χ2v) is 10.7. The van der Waals surface area contributed by atoms with E-state index in [9.17, 15) is 8.42 Å². The van der Waals surface area contributed by atoms with Gasteiger partial charge in [0.05, 0.1) is 18.5 Å². The molecule has 0 spiro atoms. The zero-order chi connectivity index (χ0) is 21.4. The van der Waals surface area contributed by atoms with E-state index in [1.165, 1.54) is 19.4 Å². The summed E-state index contributed by atoms with van der Waals surface area (Å²) in [5.74, 6) is 1.56. The van der Waals surface area contributed by atoms with Gasteiger partial charge < -0.3 is 19.9 Å². The van der Waals surface area contributed by atoms with Crippen molar-refractivity contribution >= 4 is 40.0 Å². The summed E-state index contributed by atoms with van der Waals surface area (Å²) in [6, 6.07) is 0.595. The molecule has 178 valence electrons. The number of piperazine rings is 1. The zero-order valence-corrected chi connectivity index (χ0v) is 22.5. The van der Waals surface area contributed by atoms with Gasteiger partial charge in [0.1, 0.15) is 0 Å². The van der Waals surface area contributed by atoms with E-state index >= 15 is 0 Å². The molecular formula is C20H42IN5O3S. The fourth-order valence-electron chi connectivity index (χ4n) is 4.00. The Morgan fingerprint density at radius 3 is 2.37 bits per heavy atom. The molecule has 0 aromatic carbocycles. The molecule has 0 aromatic rings. The van der Waals surface area contributed by atoms with Crippen molar-refractivity contribution in [2.75, 3.05) is 65.2 Å². The van der Waals surface area contributed by atoms with Gasteiger partial charge in [0.15, 0.2) is 5.96 Å². The molecule has 2 saturated heterocycles. The maximum Gasteiger partial charge on any atom is 0.216 e. The highest BCUT2D eigenvalue weighted by Gasteiger charge is 2.28. The topological polar surface area (TPSA) is 77.5 Å². The third-order valence-corrected chi connectivity index (χ3v) is 7.60. The number of hydrogen-bond donors (Lipinski definition) is 1. The number of hydrogen-bond acceptors (Lipinski definition) is 5. The molecule has 0 aromatic heterocycles. The van der Waals surface area contributed by atoms with Crippen LogP contribution in [0.4, 0.5) is 0 Å². The van der Waals surface area contributed by atoms with Crippen molar-refractivity contribution in [3.05, 3.63) is 0 Å². The molecule has 2 aliphatic rings. The van der Waals surface area contributed by atoms with E-state index in [4.69, 9.17) is 4.74 Å². The number of nitrogens with one attached hydrogen (secondary N) is 1. The summed E-state index contributed by atoms with van der Waals surface area (Å²) in [6.45, 7) is 14.2. The summed E-state index contributed by atoms with van der Waals surface area (Å²) in [5, 5.41) is 3.53. The van der Waals surface area contributed by atoms with Crippen LogP contribution in [0.2, 0.25) is 0 Å². The van der Waals surface area contributed by atoms with Crippen LogP contribution in [-0.2, 0) is 14.8 Å². The highest BCUT2D eigenvalue weighted by atomic mass is 127. The van der Waals surface area contributed by atoms with Crippen LogP contribution in [0.15, 0.2) is 4.99 Å². The quantitative estimate of drug-likeness (QED) is 0.277. The Hall–Kier alpha value is -0.170. The fourth-order valence-corrected chi connectivity index (χ4v) is 5.28. The van der Waals surface area contributed by atoms with Crippen molar-refractivity contribution in [2.45, 2.75) is 52.7 Å². The molecule has 2 aliphatic heterocycles. The van der Waals surface area contributed by atoms with Gasteiger partial charge in [0, 0.05) is 52.4 Å². The normalized spacial score (nSPS) is 22.4. The number of likely N-dealkylation sites (tertiary alicyclic amines) is 1. The van der Waals surface area contributed by atoms with E-state index < -0.39 is 10.0 Å². The van der Waals surface area contributed by atoms with Crippen molar-refractivity contribution in [1.29, 1.82) is 0 Å². The Morgan fingerprint density at radius 1 is 1.13 bits per heavy atom. The number of piperidine rings is 1. The summed E-state index contributed by atoms with van der Waals surface area (Å²) >= 11 is 0. The highest BCUT2D eigenvalue weighted by Crippen LogP contribution is 2.18. The van der Waals surface area contributed by atoms with Crippen LogP contribution >= 0.6 is 24.0 Å². The van der Waals surface area contributed by atoms with Gasteiger partial charge in [-0.25, -0.2) is 8.42 Å². The maximum absolute atomic E-state index is 12.5. The van der Waals surface area contributed by atoms with Crippen molar-refractivity contribution in [2.24, 2.45) is 10.9 Å². The van der Waals surface area contributed by atoms with Crippen LogP contribution in [0.5, 0.6) is 0 Å². The molecule has 0 amide bonds. The summed E-state index contributed by atoms with van der Waals surface area (Å²) in [6.07, 6.45) is 2.55. The molecule has 1 atom stereocenters. The summed E-state index contributed by atoms with van der Waals surface area (Å²) < 4.78 is 32.0. The summed E-state index contributed by atoms with van der Waals surface area (Å²) in [7, 11) is -1.46. The number of ether oxygens (including phenoxy) is 1. The third-order valence-electron chi connectivity index (χ3n) is 5.77. The van der Waals surface area contributed by atoms with Crippen molar-refractivity contribution < 1.29 is 13.2 Å². The highest BCUT2D eigenvalue weighted by molar-refractivity contribution is 14.0. The van der Waals surface area contributed by atoms with Crippen LogP contribution in [0.1, 0.15) is 40.5 Å². The monoisotopic (exact) mass is 559 g/mol. The summed E-state index contributed by atoms with van der Waals surface area (Å²) in [4.78, 5) is 9.15. The fraction of sp³-hybridized carbons (Fsp3) is 0.950. The van der Waals surface area contributed by atoms with Gasteiger partial charge in [0.2, 0.25) is 10.0 Å². The molecular weight excluding hydrogens is 517 g/mol. The molecule has 2 rings (SSSR count). The zero-order valence-electron chi connectivity index (χ0n) is 19.3. The average Bonchev–Trinajstić information content (AvgIpc) is 2.68. The van der Waals surface area contributed by atoms with Crippen molar-refractivity contribution in [1.82, 2.24) is 19.4 Å². The summed E-state index contributed by atoms with van der Waals surface area (Å²) in [5.41, 5.74) is 0. The predicted octanol–water partition coefficient (Wildman–Crippen LogP) is 1.67. The van der Waals surface area contributed by atoms with Gasteiger partial charge >= 0.3 is 0 Å². The van der Waals surface area contributed by atoms with Gasteiger partial charge in [-0.05, 0) is 53.0 Å². The molecule has 1 unspecified atom stereocenters.